The van der Waals surface area contributed by atoms with Crippen LogP contribution in [0.4, 0.5) is 19.0 Å². The summed E-state index contributed by atoms with van der Waals surface area (Å²) in [6.07, 6.45) is -1.86. The van der Waals surface area contributed by atoms with E-state index < -0.39 is 6.36 Å². The lowest BCUT2D eigenvalue weighted by molar-refractivity contribution is -0.274. The van der Waals surface area contributed by atoms with Gasteiger partial charge in [-0.05, 0) is 55.9 Å². The number of ether oxygens (including phenoxy) is 1. The molecule has 10 heteroatoms. The van der Waals surface area contributed by atoms with Crippen molar-refractivity contribution in [2.24, 2.45) is 0 Å². The van der Waals surface area contributed by atoms with Crippen LogP contribution in [0.15, 0.2) is 59.3 Å². The summed E-state index contributed by atoms with van der Waals surface area (Å²) in [5.74, 6) is 1.44. The highest BCUT2D eigenvalue weighted by atomic mass is 19.4. The van der Waals surface area contributed by atoms with Gasteiger partial charge in [-0.25, -0.2) is 4.98 Å². The molecule has 1 N–H and O–H groups in total. The third-order valence-corrected chi connectivity index (χ3v) is 5.42. The van der Waals surface area contributed by atoms with Gasteiger partial charge in [0.25, 0.3) is 0 Å². The third-order valence-electron chi connectivity index (χ3n) is 5.42. The highest BCUT2D eigenvalue weighted by Crippen LogP contribution is 2.26. The Balaban J connectivity index is 1.14. The third kappa shape index (κ3) is 6.93. The maximum absolute atomic E-state index is 12.3. The highest BCUT2D eigenvalue weighted by Gasteiger charge is 2.31. The fourth-order valence-corrected chi connectivity index (χ4v) is 3.74. The summed E-state index contributed by atoms with van der Waals surface area (Å²) in [4.78, 5) is 9.19. The molecule has 1 aliphatic rings. The van der Waals surface area contributed by atoms with Crippen molar-refractivity contribution in [3.05, 3.63) is 60.5 Å². The van der Waals surface area contributed by atoms with E-state index in [0.717, 1.165) is 51.5 Å². The molecule has 0 unspecified atom stereocenters. The van der Waals surface area contributed by atoms with E-state index in [1.807, 2.05) is 24.4 Å². The Morgan fingerprint density at radius 2 is 1.82 bits per heavy atom. The van der Waals surface area contributed by atoms with Crippen molar-refractivity contribution in [2.75, 3.05) is 44.2 Å². The lowest BCUT2D eigenvalue weighted by Crippen LogP contribution is -2.47. The lowest BCUT2D eigenvalue weighted by Gasteiger charge is -2.35. The fourth-order valence-electron chi connectivity index (χ4n) is 3.74. The fraction of sp³-hybridized carbons (Fsp3) is 0.391. The van der Waals surface area contributed by atoms with Crippen LogP contribution in [-0.2, 0) is 6.54 Å². The van der Waals surface area contributed by atoms with Gasteiger partial charge in [0.05, 0.1) is 6.54 Å². The highest BCUT2D eigenvalue weighted by molar-refractivity contribution is 5.59. The van der Waals surface area contributed by atoms with Crippen LogP contribution >= 0.6 is 0 Å². The van der Waals surface area contributed by atoms with E-state index in [9.17, 15) is 13.2 Å². The van der Waals surface area contributed by atoms with Crippen LogP contribution in [0.2, 0.25) is 0 Å². The summed E-state index contributed by atoms with van der Waals surface area (Å²) in [5, 5.41) is 7.35. The molecule has 0 amide bonds. The first-order chi connectivity index (χ1) is 16.0. The second-order valence-corrected chi connectivity index (χ2v) is 7.80. The zero-order valence-electron chi connectivity index (χ0n) is 18.1. The van der Waals surface area contributed by atoms with Crippen LogP contribution in [0, 0.1) is 0 Å². The van der Waals surface area contributed by atoms with Gasteiger partial charge in [-0.15, -0.1) is 13.2 Å². The maximum Gasteiger partial charge on any atom is 0.573 e. The maximum atomic E-state index is 12.3. The summed E-state index contributed by atoms with van der Waals surface area (Å²) in [5.41, 5.74) is 1.22. The van der Waals surface area contributed by atoms with Gasteiger partial charge in [0, 0.05) is 44.0 Å². The number of pyridine rings is 1. The van der Waals surface area contributed by atoms with Crippen LogP contribution < -0.4 is 15.0 Å². The summed E-state index contributed by atoms with van der Waals surface area (Å²) in [6, 6.07) is 13.3. The molecule has 0 bridgehead atoms. The zero-order valence-corrected chi connectivity index (χ0v) is 18.1. The number of alkyl halides is 3. The van der Waals surface area contributed by atoms with Crippen molar-refractivity contribution in [2.45, 2.75) is 19.3 Å². The quantitative estimate of drug-likeness (QED) is 0.484. The van der Waals surface area contributed by atoms with Gasteiger partial charge in [0.15, 0.2) is 5.76 Å². The van der Waals surface area contributed by atoms with Gasteiger partial charge < -0.3 is 19.5 Å². The molecule has 2 aromatic heterocycles. The Morgan fingerprint density at radius 3 is 2.52 bits per heavy atom. The molecular weight excluding hydrogens is 435 g/mol. The summed E-state index contributed by atoms with van der Waals surface area (Å²) in [7, 11) is 0. The van der Waals surface area contributed by atoms with Gasteiger partial charge in [-0.3, -0.25) is 4.90 Å². The number of rotatable bonds is 9. The van der Waals surface area contributed by atoms with E-state index in [1.54, 1.807) is 6.07 Å². The largest absolute Gasteiger partial charge is 0.573 e. The molecule has 1 fully saturated rings. The van der Waals surface area contributed by atoms with Gasteiger partial charge in [0.1, 0.15) is 17.3 Å². The number of nitrogens with zero attached hydrogens (tertiary/aromatic N) is 4. The summed E-state index contributed by atoms with van der Waals surface area (Å²) >= 11 is 0. The molecule has 0 spiro atoms. The lowest BCUT2D eigenvalue weighted by atomic mass is 10.1. The monoisotopic (exact) mass is 461 g/mol. The summed E-state index contributed by atoms with van der Waals surface area (Å²) in [6.45, 7) is 6.42. The molecule has 0 radical (unpaired) electrons. The SMILES string of the molecule is FC(F)(F)Oc1ccc(-c2cc(CNCCCN3CCN(c4ccccn4)CC3)on2)cc1. The minimum atomic E-state index is -4.71. The average molecular weight is 461 g/mol. The van der Waals surface area contributed by atoms with E-state index in [1.165, 1.54) is 24.3 Å². The van der Waals surface area contributed by atoms with Crippen LogP contribution in [0.25, 0.3) is 11.3 Å². The second-order valence-electron chi connectivity index (χ2n) is 7.80. The Kier molecular flexibility index (Phi) is 7.46. The molecule has 0 aliphatic carbocycles. The molecule has 3 heterocycles. The molecule has 1 aromatic carbocycles. The number of benzene rings is 1. The molecule has 7 nitrogen and oxygen atoms in total. The molecule has 0 atom stereocenters. The first-order valence-corrected chi connectivity index (χ1v) is 10.9. The number of piperazine rings is 1. The van der Waals surface area contributed by atoms with Gasteiger partial charge >= 0.3 is 6.36 Å². The van der Waals surface area contributed by atoms with Gasteiger partial charge in [0.2, 0.25) is 0 Å². The molecule has 1 saturated heterocycles. The first-order valence-electron chi connectivity index (χ1n) is 10.9. The second kappa shape index (κ2) is 10.7. The number of nitrogens with one attached hydrogen (secondary N) is 1. The molecule has 1 aliphatic heterocycles. The van der Waals surface area contributed by atoms with Crippen molar-refractivity contribution < 1.29 is 22.4 Å². The van der Waals surface area contributed by atoms with E-state index in [4.69, 9.17) is 4.52 Å². The molecule has 4 rings (SSSR count). The minimum Gasteiger partial charge on any atom is -0.406 e. The number of hydrogen-bond acceptors (Lipinski definition) is 7. The normalized spacial score (nSPS) is 15.1. The van der Waals surface area contributed by atoms with Crippen molar-refractivity contribution in [3.63, 3.8) is 0 Å². The Morgan fingerprint density at radius 1 is 1.03 bits per heavy atom. The van der Waals surface area contributed by atoms with Crippen LogP contribution in [0.1, 0.15) is 12.2 Å². The van der Waals surface area contributed by atoms with Gasteiger partial charge in [-0.2, -0.15) is 0 Å². The van der Waals surface area contributed by atoms with Crippen LogP contribution in [0.3, 0.4) is 0 Å². The van der Waals surface area contributed by atoms with Crippen LogP contribution in [0.5, 0.6) is 5.75 Å². The topological polar surface area (TPSA) is 66.7 Å². The van der Waals surface area contributed by atoms with Crippen molar-refractivity contribution in [3.8, 4) is 17.0 Å². The van der Waals surface area contributed by atoms with E-state index >= 15 is 0 Å². The first kappa shape index (κ1) is 23.1. The number of halogens is 3. The minimum absolute atomic E-state index is 0.269. The Labute approximate surface area is 190 Å². The van der Waals surface area contributed by atoms with Crippen molar-refractivity contribution in [1.82, 2.24) is 20.4 Å². The smallest absolute Gasteiger partial charge is 0.406 e. The van der Waals surface area contributed by atoms with E-state index in [2.05, 4.69) is 30.0 Å². The molecular formula is C23H26F3N5O2. The molecule has 0 saturated carbocycles. The van der Waals surface area contributed by atoms with Gasteiger partial charge in [-0.1, -0.05) is 11.2 Å². The molecule has 3 aromatic rings. The van der Waals surface area contributed by atoms with Crippen LogP contribution in [-0.4, -0.2) is 60.7 Å². The zero-order chi connectivity index (χ0) is 23.1. The number of anilines is 1. The van der Waals surface area contributed by atoms with Crippen molar-refractivity contribution in [1.29, 1.82) is 0 Å². The molecule has 33 heavy (non-hydrogen) atoms. The van der Waals surface area contributed by atoms with E-state index in [0.29, 0.717) is 23.6 Å². The summed E-state index contributed by atoms with van der Waals surface area (Å²) < 4.78 is 46.0. The van der Waals surface area contributed by atoms with Crippen molar-refractivity contribution >= 4 is 5.82 Å². The number of aromatic nitrogens is 2. The Bertz CT molecular complexity index is 987. The standard InChI is InChI=1S/C23H26F3N5O2/c24-23(25,26)32-19-7-5-18(6-8-19)21-16-20(33-29-21)17-27-9-3-11-30-12-14-31(15-13-30)22-4-1-2-10-28-22/h1-2,4-8,10,16,27H,3,9,11-15,17H2. The average Bonchev–Trinajstić information content (AvgIpc) is 3.28. The number of hydrogen-bond donors (Lipinski definition) is 1. The predicted molar refractivity (Wildman–Crippen MR) is 118 cm³/mol. The van der Waals surface area contributed by atoms with E-state index in [-0.39, 0.29) is 5.75 Å². The molecule has 176 valence electrons. The Hall–Kier alpha value is -3.11. The predicted octanol–water partition coefficient (Wildman–Crippen LogP) is 3.94.